The van der Waals surface area contributed by atoms with Crippen LogP contribution in [0.5, 0.6) is 0 Å². The van der Waals surface area contributed by atoms with E-state index < -0.39 is 16.1 Å². The van der Waals surface area contributed by atoms with E-state index in [1.165, 1.54) is 35.0 Å². The van der Waals surface area contributed by atoms with Crippen LogP contribution in [0.1, 0.15) is 51.0 Å². The fourth-order valence-corrected chi connectivity index (χ4v) is 6.30. The highest BCUT2D eigenvalue weighted by molar-refractivity contribution is 7.89. The van der Waals surface area contributed by atoms with Crippen LogP contribution < -0.4 is 10.2 Å². The molecule has 8 nitrogen and oxygen atoms in total. The Hall–Kier alpha value is -1.97. The monoisotopic (exact) mass is 449 g/mol. The van der Waals surface area contributed by atoms with Gasteiger partial charge in [-0.25, -0.2) is 8.42 Å². The molecule has 4 rings (SSSR count). The zero-order valence-electron chi connectivity index (χ0n) is 18.0. The lowest BCUT2D eigenvalue weighted by molar-refractivity contribution is -0.126. The van der Waals surface area contributed by atoms with Gasteiger partial charge in [0.2, 0.25) is 21.8 Å². The first-order valence-electron chi connectivity index (χ1n) is 11.2. The Balaban J connectivity index is 1.55. The quantitative estimate of drug-likeness (QED) is 0.708. The molecule has 2 amide bonds. The summed E-state index contributed by atoms with van der Waals surface area (Å²) in [5.41, 5.74) is 1.33. The molecular weight excluding hydrogens is 418 g/mol. The first kappa shape index (κ1) is 22.2. The normalized spacial score (nSPS) is 23.3. The largest absolute Gasteiger partial charge is 0.379 e. The van der Waals surface area contributed by atoms with Crippen molar-refractivity contribution in [3.8, 4) is 0 Å². The van der Waals surface area contributed by atoms with Crippen LogP contribution in [0.2, 0.25) is 0 Å². The van der Waals surface area contributed by atoms with Crippen molar-refractivity contribution < 1.29 is 22.7 Å². The Morgan fingerprint density at radius 1 is 1.06 bits per heavy atom. The number of benzene rings is 1. The topological polar surface area (TPSA) is 96.0 Å². The van der Waals surface area contributed by atoms with Gasteiger partial charge in [0.05, 0.1) is 18.1 Å². The number of carbonyl (C=O) groups is 2. The SMILES string of the molecule is CC(=O)N1c2ccc(S(=O)(=O)N3CCOCC3)cc2CC1C(=O)NC1CCCCCC1. The van der Waals surface area contributed by atoms with Gasteiger partial charge in [0.25, 0.3) is 0 Å². The highest BCUT2D eigenvalue weighted by Gasteiger charge is 2.38. The molecule has 31 heavy (non-hydrogen) atoms. The van der Waals surface area contributed by atoms with Gasteiger partial charge in [0.1, 0.15) is 6.04 Å². The Bertz CT molecular complexity index is 934. The number of rotatable bonds is 4. The fourth-order valence-electron chi connectivity index (χ4n) is 4.84. The number of nitrogens with one attached hydrogen (secondary N) is 1. The lowest BCUT2D eigenvalue weighted by Gasteiger charge is -2.27. The molecule has 9 heteroatoms. The number of carbonyl (C=O) groups excluding carboxylic acids is 2. The third-order valence-corrected chi connectivity index (χ3v) is 8.38. The summed E-state index contributed by atoms with van der Waals surface area (Å²) in [5.74, 6) is -0.376. The molecule has 0 spiro atoms. The Morgan fingerprint density at radius 3 is 2.39 bits per heavy atom. The van der Waals surface area contributed by atoms with Crippen molar-refractivity contribution in [3.63, 3.8) is 0 Å². The molecule has 1 atom stereocenters. The molecule has 0 aromatic heterocycles. The minimum absolute atomic E-state index is 0.143. The summed E-state index contributed by atoms with van der Waals surface area (Å²) >= 11 is 0. The number of ether oxygens (including phenoxy) is 1. The van der Waals surface area contributed by atoms with Crippen LogP contribution in [-0.4, -0.2) is 62.9 Å². The van der Waals surface area contributed by atoms with Crippen LogP contribution >= 0.6 is 0 Å². The molecule has 2 heterocycles. The molecular formula is C22H31N3O5S. The predicted octanol–water partition coefficient (Wildman–Crippen LogP) is 1.82. The van der Waals surface area contributed by atoms with Gasteiger partial charge in [0.15, 0.2) is 0 Å². The summed E-state index contributed by atoms with van der Waals surface area (Å²) in [7, 11) is -3.64. The lowest BCUT2D eigenvalue weighted by Crippen LogP contribution is -2.50. The molecule has 1 unspecified atom stereocenters. The van der Waals surface area contributed by atoms with E-state index in [2.05, 4.69) is 5.32 Å². The van der Waals surface area contributed by atoms with E-state index in [4.69, 9.17) is 4.74 Å². The van der Waals surface area contributed by atoms with Gasteiger partial charge < -0.3 is 10.1 Å². The summed E-state index contributed by atoms with van der Waals surface area (Å²) < 4.78 is 32.7. The number of anilines is 1. The number of hydrogen-bond donors (Lipinski definition) is 1. The Labute approximate surface area is 184 Å². The first-order chi connectivity index (χ1) is 14.9. The molecule has 170 valence electrons. The number of amides is 2. The van der Waals surface area contributed by atoms with Gasteiger partial charge in [0, 0.05) is 38.2 Å². The van der Waals surface area contributed by atoms with Crippen LogP contribution in [0.3, 0.4) is 0 Å². The van der Waals surface area contributed by atoms with Crippen LogP contribution in [0.25, 0.3) is 0 Å². The zero-order valence-corrected chi connectivity index (χ0v) is 18.8. The molecule has 1 aliphatic carbocycles. The molecule has 3 aliphatic rings. The highest BCUT2D eigenvalue weighted by Crippen LogP contribution is 2.35. The van der Waals surface area contributed by atoms with Crippen LogP contribution in [0.15, 0.2) is 23.1 Å². The van der Waals surface area contributed by atoms with E-state index >= 15 is 0 Å². The third-order valence-electron chi connectivity index (χ3n) is 6.49. The molecule has 1 N–H and O–H groups in total. The summed E-state index contributed by atoms with van der Waals surface area (Å²) in [6, 6.07) is 4.31. The van der Waals surface area contributed by atoms with Crippen molar-refractivity contribution in [1.82, 2.24) is 9.62 Å². The van der Waals surface area contributed by atoms with E-state index in [-0.39, 0.29) is 22.8 Å². The highest BCUT2D eigenvalue weighted by atomic mass is 32.2. The van der Waals surface area contributed by atoms with E-state index in [0.717, 1.165) is 25.7 Å². The molecule has 0 bridgehead atoms. The van der Waals surface area contributed by atoms with Crippen molar-refractivity contribution in [3.05, 3.63) is 23.8 Å². The average Bonchev–Trinajstić information content (AvgIpc) is 2.97. The van der Waals surface area contributed by atoms with Crippen molar-refractivity contribution >= 4 is 27.5 Å². The number of hydrogen-bond acceptors (Lipinski definition) is 5. The molecule has 1 saturated carbocycles. The number of fused-ring (bicyclic) bond motifs is 1. The second-order valence-electron chi connectivity index (χ2n) is 8.61. The fraction of sp³-hybridized carbons (Fsp3) is 0.636. The smallest absolute Gasteiger partial charge is 0.243 e. The van der Waals surface area contributed by atoms with Gasteiger partial charge in [-0.05, 0) is 36.6 Å². The maximum Gasteiger partial charge on any atom is 0.243 e. The first-order valence-corrected chi connectivity index (χ1v) is 12.6. The van der Waals surface area contributed by atoms with Crippen molar-refractivity contribution in [2.45, 2.75) is 68.8 Å². The van der Waals surface area contributed by atoms with Gasteiger partial charge >= 0.3 is 0 Å². The second-order valence-corrected chi connectivity index (χ2v) is 10.6. The third kappa shape index (κ3) is 4.63. The summed E-state index contributed by atoms with van der Waals surface area (Å²) in [6.45, 7) is 2.85. The molecule has 1 saturated heterocycles. The van der Waals surface area contributed by atoms with Crippen LogP contribution in [0.4, 0.5) is 5.69 Å². The van der Waals surface area contributed by atoms with Crippen molar-refractivity contribution in [1.29, 1.82) is 0 Å². The van der Waals surface area contributed by atoms with Gasteiger partial charge in [-0.2, -0.15) is 4.31 Å². The number of sulfonamides is 1. The molecule has 0 radical (unpaired) electrons. The molecule has 2 fully saturated rings. The average molecular weight is 450 g/mol. The van der Waals surface area contributed by atoms with Crippen molar-refractivity contribution in [2.75, 3.05) is 31.2 Å². The standard InChI is InChI=1S/C22H31N3O5S/c1-16(26)25-20-9-8-19(31(28,29)24-10-12-30-13-11-24)14-17(20)15-21(25)22(27)23-18-6-4-2-3-5-7-18/h8-9,14,18,21H,2-7,10-13,15H2,1H3,(H,23,27). The predicted molar refractivity (Wildman–Crippen MR) is 116 cm³/mol. The van der Waals surface area contributed by atoms with E-state index in [0.29, 0.717) is 44.0 Å². The number of nitrogens with zero attached hydrogens (tertiary/aromatic N) is 2. The van der Waals surface area contributed by atoms with Gasteiger partial charge in [-0.3, -0.25) is 14.5 Å². The van der Waals surface area contributed by atoms with E-state index in [1.807, 2.05) is 0 Å². The maximum absolute atomic E-state index is 13.1. The summed E-state index contributed by atoms with van der Waals surface area (Å²) in [6.07, 6.45) is 6.85. The van der Waals surface area contributed by atoms with Crippen LogP contribution in [0, 0.1) is 0 Å². The lowest BCUT2D eigenvalue weighted by atomic mass is 10.1. The van der Waals surface area contributed by atoms with Crippen molar-refractivity contribution in [2.24, 2.45) is 0 Å². The van der Waals surface area contributed by atoms with Gasteiger partial charge in [-0.15, -0.1) is 0 Å². The summed E-state index contributed by atoms with van der Waals surface area (Å²) in [4.78, 5) is 27.2. The molecule has 1 aromatic carbocycles. The van der Waals surface area contributed by atoms with E-state index in [1.54, 1.807) is 12.1 Å². The zero-order chi connectivity index (χ0) is 22.0. The minimum atomic E-state index is -3.64. The Morgan fingerprint density at radius 2 is 1.74 bits per heavy atom. The second kappa shape index (κ2) is 9.26. The molecule has 2 aliphatic heterocycles. The maximum atomic E-state index is 13.1. The van der Waals surface area contributed by atoms with E-state index in [9.17, 15) is 18.0 Å². The van der Waals surface area contributed by atoms with Crippen LogP contribution in [-0.2, 0) is 30.8 Å². The van der Waals surface area contributed by atoms with Gasteiger partial charge in [-0.1, -0.05) is 25.7 Å². The Kier molecular flexibility index (Phi) is 6.64. The number of morpholine rings is 1. The minimum Gasteiger partial charge on any atom is -0.379 e. The summed E-state index contributed by atoms with van der Waals surface area (Å²) in [5, 5.41) is 3.14. The molecule has 1 aromatic rings.